The second-order valence-electron chi connectivity index (χ2n) is 26.8. The minimum atomic E-state index is -4.95. The molecule has 0 amide bonds. The lowest BCUT2D eigenvalue weighted by atomic mass is 10.0. The quantitative estimate of drug-likeness (QED) is 0.0222. The van der Waals surface area contributed by atoms with Crippen LogP contribution in [-0.2, 0) is 65.4 Å². The molecule has 0 aliphatic heterocycles. The summed E-state index contributed by atoms with van der Waals surface area (Å²) in [6.45, 7) is 7.28. The highest BCUT2D eigenvalue weighted by Crippen LogP contribution is 2.45. The lowest BCUT2D eigenvalue weighted by Crippen LogP contribution is -2.30. The summed E-state index contributed by atoms with van der Waals surface area (Å²) in [5.41, 5.74) is 0. The number of carbonyl (C=O) groups excluding carboxylic acids is 4. The Hall–Kier alpha value is -1.94. The number of phosphoric acid groups is 2. The molecule has 0 aromatic rings. The van der Waals surface area contributed by atoms with Crippen molar-refractivity contribution in [2.75, 3.05) is 39.6 Å². The molecule has 0 spiro atoms. The maximum atomic E-state index is 13.1. The first-order chi connectivity index (χ1) is 44.5. The normalized spacial score (nSPS) is 14.0. The van der Waals surface area contributed by atoms with E-state index in [2.05, 4.69) is 34.6 Å². The standard InChI is InChI=1S/C73H142O17P2/c1-6-9-12-15-18-21-24-25-30-33-38-42-47-52-57-71(76)84-63-69(90-73(78)59-54-49-44-39-34-31-28-26-27-29-32-35-40-45-50-55-66(4)5)65-88-92(81,82)86-61-67(74)60-85-91(79,80)87-64-68(89-72(77)58-53-48-43-37-23-20-17-14-11-8-3)62-83-70(75)56-51-46-41-36-22-19-16-13-10-7-2/h66-69,74H,6-65H2,1-5H3,(H,79,80)(H,81,82)/t67-,68+,69+/m0/s1. The molecule has 0 aliphatic rings. The fraction of sp³-hybridized carbons (Fsp3) is 0.945. The third-order valence-electron chi connectivity index (χ3n) is 17.0. The summed E-state index contributed by atoms with van der Waals surface area (Å²) in [7, 11) is -9.90. The highest BCUT2D eigenvalue weighted by molar-refractivity contribution is 7.47. The molecule has 0 aliphatic carbocycles. The van der Waals surface area contributed by atoms with Gasteiger partial charge < -0.3 is 33.8 Å². The number of hydrogen-bond donors (Lipinski definition) is 3. The van der Waals surface area contributed by atoms with Crippen LogP contribution in [0.25, 0.3) is 0 Å². The van der Waals surface area contributed by atoms with Crippen LogP contribution in [0.2, 0.25) is 0 Å². The van der Waals surface area contributed by atoms with Crippen molar-refractivity contribution in [3.8, 4) is 0 Å². The molecule has 0 saturated carbocycles. The minimum absolute atomic E-state index is 0.107. The molecule has 0 aromatic carbocycles. The largest absolute Gasteiger partial charge is 0.472 e. The van der Waals surface area contributed by atoms with Crippen LogP contribution in [0.15, 0.2) is 0 Å². The summed E-state index contributed by atoms with van der Waals surface area (Å²) in [6, 6.07) is 0. The van der Waals surface area contributed by atoms with Gasteiger partial charge in [-0.2, -0.15) is 0 Å². The summed E-state index contributed by atoms with van der Waals surface area (Å²) >= 11 is 0. The Morgan fingerprint density at radius 3 is 0.739 bits per heavy atom. The zero-order valence-corrected chi connectivity index (χ0v) is 61.5. The van der Waals surface area contributed by atoms with Crippen LogP contribution >= 0.6 is 15.6 Å². The smallest absolute Gasteiger partial charge is 0.462 e. The lowest BCUT2D eigenvalue weighted by Gasteiger charge is -2.21. The molecule has 3 N–H and O–H groups in total. The number of carbonyl (C=O) groups is 4. The summed E-state index contributed by atoms with van der Waals surface area (Å²) in [6.07, 6.45) is 54.0. The number of hydrogen-bond acceptors (Lipinski definition) is 15. The summed E-state index contributed by atoms with van der Waals surface area (Å²) in [5.74, 6) is -1.31. The van der Waals surface area contributed by atoms with Crippen molar-refractivity contribution in [1.82, 2.24) is 0 Å². The van der Waals surface area contributed by atoms with E-state index >= 15 is 0 Å². The Labute approximate surface area is 562 Å². The van der Waals surface area contributed by atoms with Gasteiger partial charge in [0.2, 0.25) is 0 Å². The van der Waals surface area contributed by atoms with Gasteiger partial charge in [0, 0.05) is 25.7 Å². The molecule has 17 nitrogen and oxygen atoms in total. The van der Waals surface area contributed by atoms with Crippen molar-refractivity contribution >= 4 is 39.5 Å². The van der Waals surface area contributed by atoms with Crippen molar-refractivity contribution in [1.29, 1.82) is 0 Å². The van der Waals surface area contributed by atoms with Gasteiger partial charge in [0.1, 0.15) is 19.3 Å². The van der Waals surface area contributed by atoms with Crippen LogP contribution in [0, 0.1) is 5.92 Å². The molecule has 19 heteroatoms. The van der Waals surface area contributed by atoms with Gasteiger partial charge >= 0.3 is 39.5 Å². The highest BCUT2D eigenvalue weighted by Gasteiger charge is 2.30. The van der Waals surface area contributed by atoms with Crippen molar-refractivity contribution in [2.45, 2.75) is 400 Å². The van der Waals surface area contributed by atoms with Gasteiger partial charge in [0.15, 0.2) is 12.2 Å². The molecule has 5 atom stereocenters. The molecule has 0 aromatic heterocycles. The van der Waals surface area contributed by atoms with E-state index in [9.17, 15) is 43.2 Å². The number of phosphoric ester groups is 2. The molecule has 0 fully saturated rings. The van der Waals surface area contributed by atoms with Gasteiger partial charge in [-0.25, -0.2) is 9.13 Å². The predicted octanol–water partition coefficient (Wildman–Crippen LogP) is 21.3. The Balaban J connectivity index is 5.22. The topological polar surface area (TPSA) is 237 Å². The molecular weight excluding hydrogens is 1210 g/mol. The SMILES string of the molecule is CCCCCCCCCCCCCCCCC(=O)OC[C@H](COP(=O)(O)OC[C@@H](O)COP(=O)(O)OC[C@@H](COC(=O)CCCCCCCCCCCC)OC(=O)CCCCCCCCCCCC)OC(=O)CCCCCCCCCCCCCCCCCC(C)C. The molecule has 0 radical (unpaired) electrons. The summed E-state index contributed by atoms with van der Waals surface area (Å²) < 4.78 is 68.4. The highest BCUT2D eigenvalue weighted by atomic mass is 31.2. The first-order valence-corrected chi connectivity index (χ1v) is 41.1. The fourth-order valence-electron chi connectivity index (χ4n) is 11.2. The molecular formula is C73H142O17P2. The van der Waals surface area contributed by atoms with E-state index in [0.29, 0.717) is 25.7 Å². The van der Waals surface area contributed by atoms with Crippen LogP contribution in [-0.4, -0.2) is 96.7 Å². The van der Waals surface area contributed by atoms with Crippen LogP contribution in [0.1, 0.15) is 381 Å². The first kappa shape index (κ1) is 90.1. The van der Waals surface area contributed by atoms with E-state index in [1.54, 1.807) is 0 Å². The molecule has 92 heavy (non-hydrogen) atoms. The van der Waals surface area contributed by atoms with E-state index in [1.165, 1.54) is 205 Å². The maximum Gasteiger partial charge on any atom is 0.472 e. The zero-order valence-electron chi connectivity index (χ0n) is 59.7. The van der Waals surface area contributed by atoms with E-state index < -0.39 is 97.5 Å². The number of aliphatic hydroxyl groups is 1. The molecule has 546 valence electrons. The maximum absolute atomic E-state index is 13.1. The summed E-state index contributed by atoms with van der Waals surface area (Å²) in [5, 5.41) is 10.6. The van der Waals surface area contributed by atoms with Gasteiger partial charge in [-0.3, -0.25) is 37.3 Å². The molecule has 2 unspecified atom stereocenters. The Morgan fingerprint density at radius 1 is 0.293 bits per heavy atom. The van der Waals surface area contributed by atoms with Crippen LogP contribution in [0.5, 0.6) is 0 Å². The third-order valence-corrected chi connectivity index (χ3v) is 18.9. The molecule has 0 saturated heterocycles. The number of rotatable bonds is 73. The Bertz CT molecular complexity index is 1770. The van der Waals surface area contributed by atoms with E-state index in [1.807, 2.05) is 0 Å². The molecule has 0 rings (SSSR count). The van der Waals surface area contributed by atoms with Crippen LogP contribution < -0.4 is 0 Å². The molecule has 0 bridgehead atoms. The number of esters is 4. The fourth-order valence-corrected chi connectivity index (χ4v) is 12.8. The van der Waals surface area contributed by atoms with E-state index in [-0.39, 0.29) is 25.7 Å². The second kappa shape index (κ2) is 66.3. The number of aliphatic hydroxyl groups excluding tert-OH is 1. The lowest BCUT2D eigenvalue weighted by molar-refractivity contribution is -0.161. The molecule has 0 heterocycles. The van der Waals surface area contributed by atoms with E-state index in [4.69, 9.17) is 37.0 Å². The third kappa shape index (κ3) is 66.7. The second-order valence-corrected chi connectivity index (χ2v) is 29.7. The Morgan fingerprint density at radius 2 is 0.500 bits per heavy atom. The van der Waals surface area contributed by atoms with Gasteiger partial charge in [-0.05, 0) is 31.6 Å². The van der Waals surface area contributed by atoms with Gasteiger partial charge in [0.25, 0.3) is 0 Å². The van der Waals surface area contributed by atoms with Crippen molar-refractivity contribution in [3.63, 3.8) is 0 Å². The first-order valence-electron chi connectivity index (χ1n) is 38.1. The van der Waals surface area contributed by atoms with Crippen LogP contribution in [0.3, 0.4) is 0 Å². The van der Waals surface area contributed by atoms with Gasteiger partial charge in [-0.15, -0.1) is 0 Å². The van der Waals surface area contributed by atoms with Crippen LogP contribution in [0.4, 0.5) is 0 Å². The van der Waals surface area contributed by atoms with Gasteiger partial charge in [0.05, 0.1) is 26.4 Å². The number of ether oxygens (including phenoxy) is 4. The summed E-state index contributed by atoms with van der Waals surface area (Å²) in [4.78, 5) is 72.6. The Kier molecular flexibility index (Phi) is 64.9. The van der Waals surface area contributed by atoms with Crippen molar-refractivity contribution < 1.29 is 80.2 Å². The average molecular weight is 1350 g/mol. The van der Waals surface area contributed by atoms with E-state index in [0.717, 1.165) is 95.8 Å². The van der Waals surface area contributed by atoms with Crippen molar-refractivity contribution in [2.24, 2.45) is 5.92 Å². The minimum Gasteiger partial charge on any atom is -0.462 e. The monoisotopic (exact) mass is 1350 g/mol. The zero-order chi connectivity index (χ0) is 67.7. The number of unbranched alkanes of at least 4 members (excludes halogenated alkanes) is 45. The predicted molar refractivity (Wildman–Crippen MR) is 372 cm³/mol. The van der Waals surface area contributed by atoms with Crippen molar-refractivity contribution in [3.05, 3.63) is 0 Å². The van der Waals surface area contributed by atoms with Gasteiger partial charge in [-0.1, -0.05) is 330 Å². The average Bonchev–Trinajstić information content (AvgIpc) is 2.04.